The van der Waals surface area contributed by atoms with Crippen LogP contribution in [0.4, 0.5) is 4.39 Å². The van der Waals surface area contributed by atoms with Crippen LogP contribution < -0.4 is 5.32 Å². The Morgan fingerprint density at radius 1 is 1.29 bits per heavy atom. The first-order valence-corrected chi connectivity index (χ1v) is 7.78. The fourth-order valence-corrected chi connectivity index (χ4v) is 3.88. The highest BCUT2D eigenvalue weighted by molar-refractivity contribution is 7.12. The second-order valence-electron chi connectivity index (χ2n) is 5.24. The number of carbonyl (C=O) groups is 1. The van der Waals surface area contributed by atoms with Crippen molar-refractivity contribution < 1.29 is 14.3 Å². The SMILES string of the molecule is O=C(O)c1ccc(CNCc2cc3c(s2)CCC3)cc1F. The van der Waals surface area contributed by atoms with Crippen LogP contribution in [0.15, 0.2) is 24.3 Å². The summed E-state index contributed by atoms with van der Waals surface area (Å²) in [4.78, 5) is 13.6. The molecule has 3 rings (SSSR count). The van der Waals surface area contributed by atoms with E-state index in [1.807, 2.05) is 11.3 Å². The number of fused-ring (bicyclic) bond motifs is 1. The van der Waals surface area contributed by atoms with E-state index >= 15 is 0 Å². The largest absolute Gasteiger partial charge is 0.478 e. The minimum absolute atomic E-state index is 0.284. The summed E-state index contributed by atoms with van der Waals surface area (Å²) in [5.41, 5.74) is 1.95. The molecular weight excluding hydrogens is 289 g/mol. The molecule has 1 aromatic carbocycles. The Kier molecular flexibility index (Phi) is 4.03. The molecule has 2 N–H and O–H groups in total. The Balaban J connectivity index is 1.57. The molecule has 110 valence electrons. The van der Waals surface area contributed by atoms with Gasteiger partial charge in [-0.25, -0.2) is 9.18 Å². The van der Waals surface area contributed by atoms with E-state index in [9.17, 15) is 9.18 Å². The number of thiophene rings is 1. The van der Waals surface area contributed by atoms with Gasteiger partial charge in [0.05, 0.1) is 5.56 Å². The number of halogens is 1. The van der Waals surface area contributed by atoms with Gasteiger partial charge in [0.15, 0.2) is 0 Å². The molecule has 5 heteroatoms. The van der Waals surface area contributed by atoms with E-state index in [4.69, 9.17) is 5.11 Å². The summed E-state index contributed by atoms with van der Waals surface area (Å²) in [5, 5.41) is 12.1. The van der Waals surface area contributed by atoms with E-state index in [1.165, 1.54) is 46.7 Å². The normalized spacial score (nSPS) is 13.4. The molecule has 1 aliphatic rings. The highest BCUT2D eigenvalue weighted by Crippen LogP contribution is 2.30. The van der Waals surface area contributed by atoms with E-state index in [0.29, 0.717) is 6.54 Å². The molecule has 0 spiro atoms. The molecule has 1 aromatic heterocycles. The lowest BCUT2D eigenvalue weighted by atomic mass is 10.1. The van der Waals surface area contributed by atoms with Crippen molar-refractivity contribution in [1.29, 1.82) is 0 Å². The molecule has 0 aliphatic heterocycles. The van der Waals surface area contributed by atoms with E-state index in [2.05, 4.69) is 11.4 Å². The molecule has 0 atom stereocenters. The van der Waals surface area contributed by atoms with Crippen LogP contribution in [0, 0.1) is 5.82 Å². The minimum atomic E-state index is -1.24. The Morgan fingerprint density at radius 2 is 2.14 bits per heavy atom. The third kappa shape index (κ3) is 3.14. The van der Waals surface area contributed by atoms with Gasteiger partial charge >= 0.3 is 5.97 Å². The zero-order valence-corrected chi connectivity index (χ0v) is 12.3. The topological polar surface area (TPSA) is 49.3 Å². The van der Waals surface area contributed by atoms with Crippen LogP contribution in [0.1, 0.15) is 37.7 Å². The molecule has 2 aromatic rings. The van der Waals surface area contributed by atoms with Gasteiger partial charge in [0.25, 0.3) is 0 Å². The first-order valence-electron chi connectivity index (χ1n) is 6.96. The maximum atomic E-state index is 13.6. The molecule has 0 unspecified atom stereocenters. The molecule has 21 heavy (non-hydrogen) atoms. The molecule has 1 heterocycles. The van der Waals surface area contributed by atoms with Crippen molar-refractivity contribution in [3.05, 3.63) is 56.5 Å². The second-order valence-corrected chi connectivity index (χ2v) is 6.46. The monoisotopic (exact) mass is 305 g/mol. The van der Waals surface area contributed by atoms with E-state index in [1.54, 1.807) is 6.07 Å². The number of carboxylic acids is 1. The highest BCUT2D eigenvalue weighted by Gasteiger charge is 2.14. The summed E-state index contributed by atoms with van der Waals surface area (Å²) in [6, 6.07) is 6.50. The second kappa shape index (κ2) is 5.95. The number of hydrogen-bond donors (Lipinski definition) is 2. The van der Waals surface area contributed by atoms with Gasteiger partial charge in [0.2, 0.25) is 0 Å². The molecular formula is C16H16FNO2S. The average molecular weight is 305 g/mol. The van der Waals surface area contributed by atoms with Gasteiger partial charge in [0.1, 0.15) is 5.82 Å². The molecule has 0 radical (unpaired) electrons. The minimum Gasteiger partial charge on any atom is -0.478 e. The van der Waals surface area contributed by atoms with E-state index in [0.717, 1.165) is 12.1 Å². The van der Waals surface area contributed by atoms with E-state index in [-0.39, 0.29) is 5.56 Å². The molecule has 0 fully saturated rings. The Labute approximate surface area is 126 Å². The summed E-state index contributed by atoms with van der Waals surface area (Å²) in [7, 11) is 0. The van der Waals surface area contributed by atoms with Crippen molar-refractivity contribution in [2.45, 2.75) is 32.4 Å². The molecule has 0 amide bonds. The average Bonchev–Trinajstić information content (AvgIpc) is 2.99. The first-order chi connectivity index (χ1) is 10.1. The summed E-state index contributed by atoms with van der Waals surface area (Å²) in [5.74, 6) is -1.92. The third-order valence-electron chi connectivity index (χ3n) is 3.69. The third-order valence-corrected chi connectivity index (χ3v) is 4.93. The lowest BCUT2D eigenvalue weighted by Crippen LogP contribution is -2.12. The zero-order chi connectivity index (χ0) is 14.8. The summed E-state index contributed by atoms with van der Waals surface area (Å²) in [6.07, 6.45) is 3.65. The van der Waals surface area contributed by atoms with Crippen LogP contribution in [-0.2, 0) is 25.9 Å². The van der Waals surface area contributed by atoms with E-state index < -0.39 is 11.8 Å². The number of carboxylic acid groups (broad SMARTS) is 1. The van der Waals surface area contributed by atoms with Crippen molar-refractivity contribution in [2.75, 3.05) is 0 Å². The quantitative estimate of drug-likeness (QED) is 0.890. The fourth-order valence-electron chi connectivity index (χ4n) is 2.65. The first kappa shape index (κ1) is 14.2. The highest BCUT2D eigenvalue weighted by atomic mass is 32.1. The molecule has 0 saturated carbocycles. The molecule has 0 bridgehead atoms. The number of hydrogen-bond acceptors (Lipinski definition) is 3. The number of aryl methyl sites for hydroxylation is 2. The summed E-state index contributed by atoms with van der Waals surface area (Å²) < 4.78 is 13.6. The van der Waals surface area contributed by atoms with Crippen molar-refractivity contribution >= 4 is 17.3 Å². The lowest BCUT2D eigenvalue weighted by molar-refractivity contribution is 0.0692. The molecule has 3 nitrogen and oxygen atoms in total. The van der Waals surface area contributed by atoms with Crippen LogP contribution in [0.2, 0.25) is 0 Å². The molecule has 1 aliphatic carbocycles. The van der Waals surface area contributed by atoms with Gasteiger partial charge in [-0.3, -0.25) is 0 Å². The van der Waals surface area contributed by atoms with Crippen LogP contribution in [0.5, 0.6) is 0 Å². The predicted molar refractivity (Wildman–Crippen MR) is 80.2 cm³/mol. The number of rotatable bonds is 5. The number of benzene rings is 1. The van der Waals surface area contributed by atoms with Gasteiger partial charge in [-0.15, -0.1) is 11.3 Å². The van der Waals surface area contributed by atoms with Crippen molar-refractivity contribution in [1.82, 2.24) is 5.32 Å². The van der Waals surface area contributed by atoms with Gasteiger partial charge in [0, 0.05) is 22.8 Å². The molecule has 0 saturated heterocycles. The van der Waals surface area contributed by atoms with Gasteiger partial charge in [-0.05, 0) is 48.6 Å². The van der Waals surface area contributed by atoms with Gasteiger partial charge in [-0.2, -0.15) is 0 Å². The summed E-state index contributed by atoms with van der Waals surface area (Å²) in [6.45, 7) is 1.29. The zero-order valence-electron chi connectivity index (χ0n) is 11.5. The summed E-state index contributed by atoms with van der Waals surface area (Å²) >= 11 is 1.85. The Bertz CT molecular complexity index is 659. The maximum absolute atomic E-state index is 13.6. The van der Waals surface area contributed by atoms with Crippen LogP contribution in [0.25, 0.3) is 0 Å². The number of nitrogens with one attached hydrogen (secondary N) is 1. The van der Waals surface area contributed by atoms with Crippen molar-refractivity contribution in [2.24, 2.45) is 0 Å². The van der Waals surface area contributed by atoms with Crippen molar-refractivity contribution in [3.63, 3.8) is 0 Å². The smallest absolute Gasteiger partial charge is 0.338 e. The van der Waals surface area contributed by atoms with Gasteiger partial charge in [-0.1, -0.05) is 6.07 Å². The maximum Gasteiger partial charge on any atom is 0.338 e. The van der Waals surface area contributed by atoms with Crippen molar-refractivity contribution in [3.8, 4) is 0 Å². The lowest BCUT2D eigenvalue weighted by Gasteiger charge is -2.05. The van der Waals surface area contributed by atoms with Gasteiger partial charge < -0.3 is 10.4 Å². The Morgan fingerprint density at radius 3 is 2.86 bits per heavy atom. The van der Waals surface area contributed by atoms with Crippen LogP contribution >= 0.6 is 11.3 Å². The standard InChI is InChI=1S/C16H16FNO2S/c17-14-6-10(4-5-13(14)16(19)20)8-18-9-12-7-11-2-1-3-15(11)21-12/h4-7,18H,1-3,8-9H2,(H,19,20). The Hall–Kier alpha value is -1.72. The fraction of sp³-hybridized carbons (Fsp3) is 0.312. The van der Waals surface area contributed by atoms with Crippen LogP contribution in [-0.4, -0.2) is 11.1 Å². The van der Waals surface area contributed by atoms with Crippen LogP contribution in [0.3, 0.4) is 0 Å². The predicted octanol–water partition coefficient (Wildman–Crippen LogP) is 3.36. The number of aromatic carboxylic acids is 1.